The molecule has 16 nitrogen and oxygen atoms in total. The highest BCUT2D eigenvalue weighted by atomic mass is 16.6. The standard InChI is InChI=1S/C38H50N6O10.2C2H6/c1-25(52-18-17-43(24-45)30-14-10-11-26(20-30)34(49)42-16-15-41(8)31(46)23-42)32(47)33(48)40-29-13-9-12-27(21-39)28(19-29)22-44(35(50)53-37(2,3)4)36(51)54-38(5,6)7;2*1-2/h10-14,19-20,24-25,32,47H,9,15-18,22-23H2,1-8H3,(H,40,48);2*1-2H3/t25-,32+;;/m0../s1. The molecule has 0 radical (unpaired) electrons. The molecule has 1 heterocycles. The quantitative estimate of drug-likeness (QED) is 0.259. The van der Waals surface area contributed by atoms with Crippen LogP contribution in [0.4, 0.5) is 15.3 Å². The fourth-order valence-electron chi connectivity index (χ4n) is 5.13. The zero-order valence-electron chi connectivity index (χ0n) is 36.1. The number of aliphatic hydroxyl groups is 1. The maximum absolute atomic E-state index is 13.1. The van der Waals surface area contributed by atoms with Crippen LogP contribution in [-0.2, 0) is 28.6 Å². The Kier molecular flexibility index (Phi) is 20.6. The Labute approximate surface area is 343 Å². The van der Waals surface area contributed by atoms with Gasteiger partial charge in [-0.3, -0.25) is 19.2 Å². The number of amides is 6. The molecule has 1 aromatic rings. The minimum absolute atomic E-state index is 0.0263. The van der Waals surface area contributed by atoms with E-state index < -0.39 is 48.0 Å². The summed E-state index contributed by atoms with van der Waals surface area (Å²) in [7, 11) is 1.68. The molecule has 58 heavy (non-hydrogen) atoms. The molecule has 0 saturated carbocycles. The molecule has 1 fully saturated rings. The number of anilines is 1. The van der Waals surface area contributed by atoms with Gasteiger partial charge >= 0.3 is 12.2 Å². The fraction of sp³-hybridized carbons (Fsp3) is 0.548. The fourth-order valence-corrected chi connectivity index (χ4v) is 5.13. The molecule has 3 rings (SSSR count). The van der Waals surface area contributed by atoms with Gasteiger partial charge in [0.25, 0.3) is 11.8 Å². The number of imide groups is 1. The van der Waals surface area contributed by atoms with Gasteiger partial charge < -0.3 is 39.3 Å². The van der Waals surface area contributed by atoms with E-state index in [2.05, 4.69) is 5.32 Å². The first-order valence-corrected chi connectivity index (χ1v) is 19.4. The van der Waals surface area contributed by atoms with Crippen molar-refractivity contribution in [3.63, 3.8) is 0 Å². The minimum Gasteiger partial charge on any atom is -0.443 e. The molecule has 0 spiro atoms. The van der Waals surface area contributed by atoms with Crippen LogP contribution in [0.15, 0.2) is 59.3 Å². The number of aliphatic hydroxyl groups excluding tert-OH is 1. The van der Waals surface area contributed by atoms with Gasteiger partial charge in [0.1, 0.15) is 17.7 Å². The number of allylic oxidation sites excluding steroid dienone is 3. The Balaban J connectivity index is 0.00000407. The van der Waals surface area contributed by atoms with Gasteiger partial charge in [0.2, 0.25) is 12.3 Å². The predicted octanol–water partition coefficient (Wildman–Crippen LogP) is 5.33. The number of nitrogens with one attached hydrogen (secondary N) is 1. The van der Waals surface area contributed by atoms with Crippen LogP contribution in [0.2, 0.25) is 0 Å². The number of nitrogens with zero attached hydrogens (tertiary/aromatic N) is 5. The van der Waals surface area contributed by atoms with E-state index in [1.807, 2.05) is 33.8 Å². The summed E-state index contributed by atoms with van der Waals surface area (Å²) in [5.41, 5.74) is -0.621. The highest BCUT2D eigenvalue weighted by Crippen LogP contribution is 2.23. The van der Waals surface area contributed by atoms with E-state index in [4.69, 9.17) is 14.2 Å². The minimum atomic E-state index is -1.66. The van der Waals surface area contributed by atoms with Gasteiger partial charge in [-0.25, -0.2) is 14.5 Å². The molecule has 0 bridgehead atoms. The monoisotopic (exact) mass is 810 g/mol. The maximum Gasteiger partial charge on any atom is 0.420 e. The second-order valence-corrected chi connectivity index (χ2v) is 14.7. The molecule has 1 aliphatic carbocycles. The Hall–Kier alpha value is -5.53. The number of rotatable bonds is 12. The molecule has 1 saturated heterocycles. The number of piperazine rings is 1. The van der Waals surface area contributed by atoms with Crippen molar-refractivity contribution in [3.05, 3.63) is 64.9 Å². The lowest BCUT2D eigenvalue weighted by Crippen LogP contribution is -2.50. The number of hydrogen-bond donors (Lipinski definition) is 2. The second-order valence-electron chi connectivity index (χ2n) is 14.7. The Morgan fingerprint density at radius 2 is 1.60 bits per heavy atom. The van der Waals surface area contributed by atoms with Crippen LogP contribution in [-0.4, -0.2) is 126 Å². The van der Waals surface area contributed by atoms with Crippen LogP contribution >= 0.6 is 0 Å². The first kappa shape index (κ1) is 50.5. The predicted molar refractivity (Wildman–Crippen MR) is 219 cm³/mol. The molecule has 2 atom stereocenters. The number of ether oxygens (including phenoxy) is 3. The van der Waals surface area contributed by atoms with Gasteiger partial charge in [0, 0.05) is 43.6 Å². The summed E-state index contributed by atoms with van der Waals surface area (Å²) in [6.45, 7) is 19.6. The summed E-state index contributed by atoms with van der Waals surface area (Å²) in [6, 6.07) is 8.45. The van der Waals surface area contributed by atoms with Crippen LogP contribution in [0.1, 0.15) is 92.9 Å². The van der Waals surface area contributed by atoms with E-state index in [-0.39, 0.29) is 54.8 Å². The molecule has 1 aliphatic heterocycles. The van der Waals surface area contributed by atoms with E-state index in [0.717, 1.165) is 4.90 Å². The Morgan fingerprint density at radius 3 is 2.14 bits per heavy atom. The van der Waals surface area contributed by atoms with E-state index in [9.17, 15) is 39.1 Å². The Bertz CT molecular complexity index is 1710. The first-order valence-electron chi connectivity index (χ1n) is 19.4. The topological polar surface area (TPSA) is 199 Å². The van der Waals surface area contributed by atoms with Crippen molar-refractivity contribution < 1.29 is 48.1 Å². The van der Waals surface area contributed by atoms with Crippen molar-refractivity contribution in [3.8, 4) is 6.07 Å². The molecular weight excluding hydrogens is 748 g/mol. The zero-order chi connectivity index (χ0) is 44.4. The number of hydrogen-bond acceptors (Lipinski definition) is 11. The third-order valence-electron chi connectivity index (χ3n) is 8.00. The number of carbonyl (C=O) groups is 6. The number of carbonyl (C=O) groups excluding carboxylic acids is 6. The molecule has 0 unspecified atom stereocenters. The average Bonchev–Trinajstić information content (AvgIpc) is 3.37. The lowest BCUT2D eigenvalue weighted by Gasteiger charge is -2.32. The lowest BCUT2D eigenvalue weighted by molar-refractivity contribution is -0.136. The van der Waals surface area contributed by atoms with E-state index in [0.29, 0.717) is 30.8 Å². The summed E-state index contributed by atoms with van der Waals surface area (Å²) in [6.07, 6.45) is 0.676. The van der Waals surface area contributed by atoms with Crippen molar-refractivity contribution in [1.29, 1.82) is 5.26 Å². The van der Waals surface area contributed by atoms with Crippen LogP contribution < -0.4 is 10.2 Å². The van der Waals surface area contributed by atoms with Gasteiger partial charge in [-0.05, 0) is 84.7 Å². The van der Waals surface area contributed by atoms with Crippen molar-refractivity contribution >= 4 is 42.0 Å². The highest BCUT2D eigenvalue weighted by Gasteiger charge is 2.33. The highest BCUT2D eigenvalue weighted by molar-refractivity contribution is 5.98. The molecule has 2 aliphatic rings. The largest absolute Gasteiger partial charge is 0.443 e. The van der Waals surface area contributed by atoms with Crippen LogP contribution in [0.5, 0.6) is 0 Å². The van der Waals surface area contributed by atoms with Crippen molar-refractivity contribution in [2.24, 2.45) is 0 Å². The summed E-state index contributed by atoms with van der Waals surface area (Å²) in [5.74, 6) is -1.33. The average molecular weight is 811 g/mol. The summed E-state index contributed by atoms with van der Waals surface area (Å²) < 4.78 is 16.6. The zero-order valence-corrected chi connectivity index (χ0v) is 36.1. The normalized spacial score (nSPS) is 15.1. The molecular formula is C42H62N6O10. The van der Waals surface area contributed by atoms with Gasteiger partial charge in [-0.2, -0.15) is 5.26 Å². The smallest absolute Gasteiger partial charge is 0.420 e. The van der Waals surface area contributed by atoms with Gasteiger partial charge in [-0.1, -0.05) is 45.9 Å². The first-order chi connectivity index (χ1) is 27.2. The molecule has 320 valence electrons. The number of likely N-dealkylation sites (N-methyl/N-ethyl adjacent to an activating group) is 1. The van der Waals surface area contributed by atoms with Crippen molar-refractivity contribution in [2.45, 2.75) is 106 Å². The van der Waals surface area contributed by atoms with Gasteiger partial charge in [0.15, 0.2) is 6.10 Å². The Morgan fingerprint density at radius 1 is 1.00 bits per heavy atom. The lowest BCUT2D eigenvalue weighted by atomic mass is 10.1. The van der Waals surface area contributed by atoms with Crippen LogP contribution in [0.3, 0.4) is 0 Å². The summed E-state index contributed by atoms with van der Waals surface area (Å²) >= 11 is 0. The molecule has 6 amide bonds. The van der Waals surface area contributed by atoms with Crippen molar-refractivity contribution in [1.82, 2.24) is 20.0 Å². The number of benzene rings is 1. The molecule has 0 aromatic heterocycles. The summed E-state index contributed by atoms with van der Waals surface area (Å²) in [4.78, 5) is 81.5. The summed E-state index contributed by atoms with van der Waals surface area (Å²) in [5, 5.41) is 23.3. The third kappa shape index (κ3) is 16.1. The third-order valence-corrected chi connectivity index (χ3v) is 8.00. The number of nitriles is 1. The van der Waals surface area contributed by atoms with Crippen molar-refractivity contribution in [2.75, 3.05) is 51.3 Å². The van der Waals surface area contributed by atoms with E-state index in [1.54, 1.807) is 89.9 Å². The maximum atomic E-state index is 13.1. The molecule has 1 aromatic carbocycles. The van der Waals surface area contributed by atoms with E-state index >= 15 is 0 Å². The van der Waals surface area contributed by atoms with Crippen LogP contribution in [0, 0.1) is 11.3 Å². The van der Waals surface area contributed by atoms with Gasteiger partial charge in [0.05, 0.1) is 30.9 Å². The second kappa shape index (κ2) is 23.6. The van der Waals surface area contributed by atoms with E-state index in [1.165, 1.54) is 22.8 Å². The molecule has 2 N–H and O–H groups in total. The van der Waals surface area contributed by atoms with Gasteiger partial charge in [-0.15, -0.1) is 0 Å². The molecule has 16 heteroatoms. The SMILES string of the molecule is CC.CC.C[C@H](OCCN(C=O)c1cccc(C(=O)N2CCN(C)C(=O)C2)c1)[C@@H](O)C(=O)NC1=CCC=C(C#N)C(CN(C(=O)OC(C)(C)C)C(=O)OC(C)(C)C)=C1. The van der Waals surface area contributed by atoms with Crippen LogP contribution in [0.25, 0.3) is 0 Å².